The monoisotopic (exact) mass is 430 g/mol. The number of rotatable bonds is 6. The highest BCUT2D eigenvalue weighted by Crippen LogP contribution is 2.22. The van der Waals surface area contributed by atoms with Crippen LogP contribution in [0.25, 0.3) is 0 Å². The molecule has 1 heterocycles. The Morgan fingerprint density at radius 2 is 1.81 bits per heavy atom. The minimum Gasteiger partial charge on any atom is -0.497 e. The molecule has 0 unspecified atom stereocenters. The molecule has 1 aliphatic rings. The third-order valence-corrected chi connectivity index (χ3v) is 5.87. The van der Waals surface area contributed by atoms with Crippen LogP contribution in [0.15, 0.2) is 46.9 Å². The molecule has 1 fully saturated rings. The van der Waals surface area contributed by atoms with Crippen LogP contribution in [-0.2, 0) is 13.1 Å². The van der Waals surface area contributed by atoms with Gasteiger partial charge in [0, 0.05) is 17.6 Å². The SMILES string of the molecule is COc1ccc(Br)c(C(=O)NCc2ccc(CN3CCC(C)CC3)cc2)c1. The first-order valence-electron chi connectivity index (χ1n) is 9.47. The lowest BCUT2D eigenvalue weighted by Gasteiger charge is -2.30. The fourth-order valence-electron chi connectivity index (χ4n) is 3.32. The molecule has 2 aromatic rings. The zero-order valence-electron chi connectivity index (χ0n) is 16.0. The molecule has 0 saturated carbocycles. The van der Waals surface area contributed by atoms with Gasteiger partial charge in [-0.1, -0.05) is 31.2 Å². The predicted octanol–water partition coefficient (Wildman–Crippen LogP) is 4.62. The average molecular weight is 431 g/mol. The minimum atomic E-state index is -0.118. The fraction of sp³-hybridized carbons (Fsp3) is 0.409. The highest BCUT2D eigenvalue weighted by Gasteiger charge is 2.15. The topological polar surface area (TPSA) is 41.6 Å². The molecule has 1 amide bonds. The molecule has 0 spiro atoms. The summed E-state index contributed by atoms with van der Waals surface area (Å²) in [5.74, 6) is 1.41. The lowest BCUT2D eigenvalue weighted by atomic mass is 9.99. The Bertz CT molecular complexity index is 768. The number of nitrogens with one attached hydrogen (secondary N) is 1. The van der Waals surface area contributed by atoms with Gasteiger partial charge in [-0.25, -0.2) is 0 Å². The second kappa shape index (κ2) is 9.38. The van der Waals surface area contributed by atoms with Gasteiger partial charge in [-0.2, -0.15) is 0 Å². The summed E-state index contributed by atoms with van der Waals surface area (Å²) in [5.41, 5.74) is 3.00. The van der Waals surface area contributed by atoms with Crippen molar-refractivity contribution in [2.24, 2.45) is 5.92 Å². The maximum absolute atomic E-state index is 12.5. The summed E-state index contributed by atoms with van der Waals surface area (Å²) in [6.45, 7) is 6.23. The number of piperidine rings is 1. The molecule has 1 N–H and O–H groups in total. The zero-order chi connectivity index (χ0) is 19.2. The van der Waals surface area contributed by atoms with Crippen LogP contribution in [0.5, 0.6) is 5.75 Å². The van der Waals surface area contributed by atoms with Gasteiger partial charge in [0.15, 0.2) is 0 Å². The van der Waals surface area contributed by atoms with Crippen LogP contribution in [-0.4, -0.2) is 31.0 Å². The summed E-state index contributed by atoms with van der Waals surface area (Å²) >= 11 is 3.43. The van der Waals surface area contributed by atoms with Gasteiger partial charge in [-0.05, 0) is 77.1 Å². The maximum atomic E-state index is 12.5. The van der Waals surface area contributed by atoms with Gasteiger partial charge in [0.2, 0.25) is 0 Å². The van der Waals surface area contributed by atoms with E-state index in [1.165, 1.54) is 31.5 Å². The van der Waals surface area contributed by atoms with Crippen molar-refractivity contribution in [2.75, 3.05) is 20.2 Å². The quantitative estimate of drug-likeness (QED) is 0.726. The molecule has 0 bridgehead atoms. The van der Waals surface area contributed by atoms with Crippen LogP contribution in [0.2, 0.25) is 0 Å². The normalized spacial score (nSPS) is 15.5. The van der Waals surface area contributed by atoms with E-state index < -0.39 is 0 Å². The Kier molecular flexibility index (Phi) is 6.91. The molecular weight excluding hydrogens is 404 g/mol. The Labute approximate surface area is 170 Å². The predicted molar refractivity (Wildman–Crippen MR) is 112 cm³/mol. The largest absolute Gasteiger partial charge is 0.497 e. The van der Waals surface area contributed by atoms with Crippen LogP contribution >= 0.6 is 15.9 Å². The number of benzene rings is 2. The van der Waals surface area contributed by atoms with Crippen molar-refractivity contribution in [3.8, 4) is 5.75 Å². The summed E-state index contributed by atoms with van der Waals surface area (Å²) in [5, 5.41) is 2.98. The van der Waals surface area contributed by atoms with Crippen molar-refractivity contribution in [2.45, 2.75) is 32.9 Å². The highest BCUT2D eigenvalue weighted by atomic mass is 79.9. The van der Waals surface area contributed by atoms with Gasteiger partial charge in [0.1, 0.15) is 5.75 Å². The molecule has 4 nitrogen and oxygen atoms in total. The van der Waals surface area contributed by atoms with Gasteiger partial charge in [-0.3, -0.25) is 9.69 Å². The van der Waals surface area contributed by atoms with Crippen LogP contribution in [0.3, 0.4) is 0 Å². The smallest absolute Gasteiger partial charge is 0.252 e. The molecule has 0 radical (unpaired) electrons. The number of nitrogens with zero attached hydrogens (tertiary/aromatic N) is 1. The number of hydrogen-bond acceptors (Lipinski definition) is 3. The van der Waals surface area contributed by atoms with Crippen molar-refractivity contribution in [1.82, 2.24) is 10.2 Å². The lowest BCUT2D eigenvalue weighted by Crippen LogP contribution is -2.32. The molecule has 0 atom stereocenters. The summed E-state index contributed by atoms with van der Waals surface area (Å²) in [7, 11) is 1.59. The summed E-state index contributed by atoms with van der Waals surface area (Å²) in [6, 6.07) is 13.9. The molecule has 1 saturated heterocycles. The molecule has 144 valence electrons. The van der Waals surface area contributed by atoms with Crippen molar-refractivity contribution in [3.05, 3.63) is 63.6 Å². The van der Waals surface area contributed by atoms with Crippen LogP contribution in [0.4, 0.5) is 0 Å². The van der Waals surface area contributed by atoms with E-state index >= 15 is 0 Å². The second-order valence-electron chi connectivity index (χ2n) is 7.30. The Hall–Kier alpha value is -1.85. The Morgan fingerprint density at radius 1 is 1.15 bits per heavy atom. The first-order valence-corrected chi connectivity index (χ1v) is 10.3. The number of carbonyl (C=O) groups is 1. The number of ether oxygens (including phenoxy) is 1. The highest BCUT2D eigenvalue weighted by molar-refractivity contribution is 9.10. The van der Waals surface area contributed by atoms with Crippen LogP contribution in [0, 0.1) is 5.92 Å². The zero-order valence-corrected chi connectivity index (χ0v) is 17.6. The number of likely N-dealkylation sites (tertiary alicyclic amines) is 1. The van der Waals surface area contributed by atoms with E-state index in [-0.39, 0.29) is 5.91 Å². The first kappa shape index (κ1) is 19.9. The van der Waals surface area contributed by atoms with Crippen LogP contribution in [0.1, 0.15) is 41.3 Å². The fourth-order valence-corrected chi connectivity index (χ4v) is 3.75. The molecule has 5 heteroatoms. The Balaban J connectivity index is 1.53. The average Bonchev–Trinajstić information content (AvgIpc) is 2.69. The number of carbonyl (C=O) groups excluding carboxylic acids is 1. The van der Waals surface area contributed by atoms with E-state index in [1.54, 1.807) is 13.2 Å². The lowest BCUT2D eigenvalue weighted by molar-refractivity contribution is 0.0950. The van der Waals surface area contributed by atoms with E-state index in [9.17, 15) is 4.79 Å². The third kappa shape index (κ3) is 5.56. The van der Waals surface area contributed by atoms with E-state index in [4.69, 9.17) is 4.74 Å². The summed E-state index contributed by atoms with van der Waals surface area (Å²) in [4.78, 5) is 15.0. The van der Waals surface area contributed by atoms with E-state index in [2.05, 4.69) is 57.3 Å². The van der Waals surface area contributed by atoms with Crippen molar-refractivity contribution >= 4 is 21.8 Å². The molecule has 3 rings (SSSR count). The summed E-state index contributed by atoms with van der Waals surface area (Å²) in [6.07, 6.45) is 2.59. The van der Waals surface area contributed by atoms with Crippen molar-refractivity contribution in [3.63, 3.8) is 0 Å². The van der Waals surface area contributed by atoms with E-state index in [0.29, 0.717) is 17.9 Å². The van der Waals surface area contributed by atoms with Crippen molar-refractivity contribution < 1.29 is 9.53 Å². The molecule has 0 aromatic heterocycles. The summed E-state index contributed by atoms with van der Waals surface area (Å²) < 4.78 is 5.96. The standard InChI is InChI=1S/C22H27BrN2O2/c1-16-9-11-25(12-10-16)15-18-5-3-17(4-6-18)14-24-22(26)20-13-19(27-2)7-8-21(20)23/h3-8,13,16H,9-12,14-15H2,1-2H3,(H,24,26). The van der Waals surface area contributed by atoms with Gasteiger partial charge in [0.25, 0.3) is 5.91 Å². The van der Waals surface area contributed by atoms with E-state index in [0.717, 1.165) is 22.5 Å². The minimum absolute atomic E-state index is 0.118. The number of halogens is 1. The third-order valence-electron chi connectivity index (χ3n) is 5.18. The maximum Gasteiger partial charge on any atom is 0.252 e. The molecule has 2 aromatic carbocycles. The molecular formula is C22H27BrN2O2. The van der Waals surface area contributed by atoms with Gasteiger partial charge in [-0.15, -0.1) is 0 Å². The number of methoxy groups -OCH3 is 1. The van der Waals surface area contributed by atoms with E-state index in [1.807, 2.05) is 12.1 Å². The molecule has 1 aliphatic heterocycles. The second-order valence-corrected chi connectivity index (χ2v) is 8.16. The number of amides is 1. The number of hydrogen-bond donors (Lipinski definition) is 1. The Morgan fingerprint density at radius 3 is 2.48 bits per heavy atom. The van der Waals surface area contributed by atoms with Crippen LogP contribution < -0.4 is 10.1 Å². The molecule has 0 aliphatic carbocycles. The van der Waals surface area contributed by atoms with Crippen molar-refractivity contribution in [1.29, 1.82) is 0 Å². The first-order chi connectivity index (χ1) is 13.0. The molecule has 27 heavy (non-hydrogen) atoms. The van der Waals surface area contributed by atoms with Gasteiger partial charge < -0.3 is 10.1 Å². The van der Waals surface area contributed by atoms with Gasteiger partial charge >= 0.3 is 0 Å². The van der Waals surface area contributed by atoms with Gasteiger partial charge in [0.05, 0.1) is 12.7 Å².